The summed E-state index contributed by atoms with van der Waals surface area (Å²) in [5.41, 5.74) is 2.23. The molecule has 1 aliphatic rings. The average Bonchev–Trinajstić information content (AvgIpc) is 2.88. The first-order valence-electron chi connectivity index (χ1n) is 6.11. The van der Waals surface area contributed by atoms with Gasteiger partial charge in [-0.15, -0.1) is 0 Å². The Labute approximate surface area is 110 Å². The number of hydrogen-bond donors (Lipinski definition) is 1. The Kier molecular flexibility index (Phi) is 2.70. The number of likely N-dealkylation sites (N-methyl/N-ethyl adjacent to an activating group) is 1. The molecule has 0 radical (unpaired) electrons. The molecule has 19 heavy (non-hydrogen) atoms. The fraction of sp³-hybridized carbons (Fsp3) is 0.308. The van der Waals surface area contributed by atoms with Crippen molar-refractivity contribution in [2.45, 2.75) is 0 Å². The van der Waals surface area contributed by atoms with E-state index in [-0.39, 0.29) is 18.4 Å². The first kappa shape index (κ1) is 11.7. The molecular formula is C13H14N4O2. The molecule has 0 bridgehead atoms. The lowest BCUT2D eigenvalue weighted by molar-refractivity contribution is -0.133. The molecular weight excluding hydrogens is 244 g/mol. The van der Waals surface area contributed by atoms with Crippen molar-refractivity contribution in [3.63, 3.8) is 0 Å². The number of nitrogens with one attached hydrogen (secondary N) is 1. The third kappa shape index (κ3) is 2.05. The number of fused-ring (bicyclic) bond motifs is 1. The van der Waals surface area contributed by atoms with E-state index in [4.69, 9.17) is 0 Å². The molecule has 0 unspecified atom stereocenters. The molecule has 1 fully saturated rings. The zero-order valence-corrected chi connectivity index (χ0v) is 10.6. The summed E-state index contributed by atoms with van der Waals surface area (Å²) in [4.78, 5) is 34.3. The van der Waals surface area contributed by atoms with Gasteiger partial charge in [-0.25, -0.2) is 4.98 Å². The second-order valence-corrected chi connectivity index (χ2v) is 4.68. The highest BCUT2D eigenvalue weighted by atomic mass is 16.2. The van der Waals surface area contributed by atoms with Crippen LogP contribution in [0, 0.1) is 0 Å². The molecule has 98 valence electrons. The number of nitrogens with zero attached hydrogens (tertiary/aromatic N) is 3. The highest BCUT2D eigenvalue weighted by Crippen LogP contribution is 2.14. The predicted molar refractivity (Wildman–Crippen MR) is 69.6 cm³/mol. The monoisotopic (exact) mass is 258 g/mol. The maximum absolute atomic E-state index is 12.3. The molecule has 1 N–H and O–H groups in total. The molecule has 0 atom stereocenters. The summed E-state index contributed by atoms with van der Waals surface area (Å²) < 4.78 is 0. The molecule has 2 amide bonds. The van der Waals surface area contributed by atoms with Crippen molar-refractivity contribution in [1.82, 2.24) is 19.8 Å². The van der Waals surface area contributed by atoms with Gasteiger partial charge in [0, 0.05) is 25.7 Å². The first-order valence-corrected chi connectivity index (χ1v) is 6.11. The lowest BCUT2D eigenvalue weighted by Gasteiger charge is -2.32. The molecule has 2 aromatic rings. The minimum atomic E-state index is -0.113. The van der Waals surface area contributed by atoms with E-state index in [0.717, 1.165) is 11.0 Å². The van der Waals surface area contributed by atoms with Crippen LogP contribution in [0.1, 0.15) is 10.4 Å². The topological polar surface area (TPSA) is 69.3 Å². The van der Waals surface area contributed by atoms with Gasteiger partial charge in [0.2, 0.25) is 5.91 Å². The van der Waals surface area contributed by atoms with Crippen LogP contribution in [0.5, 0.6) is 0 Å². The van der Waals surface area contributed by atoms with Crippen molar-refractivity contribution in [2.24, 2.45) is 0 Å². The minimum absolute atomic E-state index is 0.0257. The molecule has 6 nitrogen and oxygen atoms in total. The lowest BCUT2D eigenvalue weighted by atomic mass is 10.1. The molecule has 0 saturated carbocycles. The summed E-state index contributed by atoms with van der Waals surface area (Å²) in [6.07, 6.45) is 1.60. The van der Waals surface area contributed by atoms with E-state index in [9.17, 15) is 9.59 Å². The van der Waals surface area contributed by atoms with Gasteiger partial charge in [0.15, 0.2) is 0 Å². The third-order valence-electron chi connectivity index (χ3n) is 3.41. The second kappa shape index (κ2) is 4.38. The van der Waals surface area contributed by atoms with Gasteiger partial charge in [0.25, 0.3) is 5.91 Å². The summed E-state index contributed by atoms with van der Waals surface area (Å²) in [6, 6.07) is 5.32. The maximum Gasteiger partial charge on any atom is 0.254 e. The lowest BCUT2D eigenvalue weighted by Crippen LogP contribution is -2.50. The predicted octanol–water partition coefficient (Wildman–Crippen LogP) is 0.477. The van der Waals surface area contributed by atoms with Crippen molar-refractivity contribution < 1.29 is 9.59 Å². The number of imidazole rings is 1. The minimum Gasteiger partial charge on any atom is -0.345 e. The zero-order valence-electron chi connectivity index (χ0n) is 10.6. The van der Waals surface area contributed by atoms with Crippen LogP contribution >= 0.6 is 0 Å². The van der Waals surface area contributed by atoms with Crippen LogP contribution in [0.15, 0.2) is 24.5 Å². The van der Waals surface area contributed by atoms with Gasteiger partial charge >= 0.3 is 0 Å². The first-order chi connectivity index (χ1) is 9.15. The molecule has 6 heteroatoms. The summed E-state index contributed by atoms with van der Waals surface area (Å²) in [7, 11) is 1.75. The molecule has 0 aliphatic carbocycles. The van der Waals surface area contributed by atoms with E-state index in [1.165, 1.54) is 0 Å². The summed E-state index contributed by atoms with van der Waals surface area (Å²) in [6.45, 7) is 1.30. The molecule has 1 aliphatic heterocycles. The Morgan fingerprint density at radius 1 is 1.37 bits per heavy atom. The van der Waals surface area contributed by atoms with Crippen molar-refractivity contribution in [1.29, 1.82) is 0 Å². The van der Waals surface area contributed by atoms with Gasteiger partial charge in [-0.3, -0.25) is 9.59 Å². The van der Waals surface area contributed by atoms with E-state index in [0.29, 0.717) is 18.7 Å². The summed E-state index contributed by atoms with van der Waals surface area (Å²) in [5, 5.41) is 0. The van der Waals surface area contributed by atoms with Crippen LogP contribution in [0.3, 0.4) is 0 Å². The molecule has 1 saturated heterocycles. The zero-order chi connectivity index (χ0) is 13.4. The number of carbonyl (C=O) groups is 2. The van der Waals surface area contributed by atoms with Crippen molar-refractivity contribution in [3.05, 3.63) is 30.1 Å². The van der Waals surface area contributed by atoms with Crippen LogP contribution in [-0.4, -0.2) is 58.3 Å². The fourth-order valence-electron chi connectivity index (χ4n) is 2.18. The Morgan fingerprint density at radius 2 is 2.21 bits per heavy atom. The average molecular weight is 258 g/mol. The molecule has 1 aromatic heterocycles. The molecule has 2 heterocycles. The highest BCUT2D eigenvalue weighted by Gasteiger charge is 2.25. The highest BCUT2D eigenvalue weighted by molar-refractivity contribution is 5.99. The molecule has 3 rings (SSSR count). The van der Waals surface area contributed by atoms with Crippen molar-refractivity contribution in [3.8, 4) is 0 Å². The number of piperazine rings is 1. The quantitative estimate of drug-likeness (QED) is 0.808. The van der Waals surface area contributed by atoms with Gasteiger partial charge in [-0.2, -0.15) is 0 Å². The number of benzene rings is 1. The maximum atomic E-state index is 12.3. The number of rotatable bonds is 1. The van der Waals surface area contributed by atoms with Gasteiger partial charge < -0.3 is 14.8 Å². The number of aromatic amines is 1. The van der Waals surface area contributed by atoms with E-state index >= 15 is 0 Å². The number of aromatic nitrogens is 2. The van der Waals surface area contributed by atoms with Crippen LogP contribution in [-0.2, 0) is 4.79 Å². The van der Waals surface area contributed by atoms with Crippen LogP contribution in [0.25, 0.3) is 11.0 Å². The SMILES string of the molecule is CN1CCN(C(=O)c2ccc3nc[nH]c3c2)CC1=O. The Balaban J connectivity index is 1.85. The standard InChI is InChI=1S/C13H14N4O2/c1-16-4-5-17(7-12(16)18)13(19)9-2-3-10-11(6-9)15-8-14-10/h2-3,6,8H,4-5,7H2,1H3,(H,14,15). The van der Waals surface area contributed by atoms with Crippen molar-refractivity contribution in [2.75, 3.05) is 26.7 Å². The number of amides is 2. The van der Waals surface area contributed by atoms with Crippen LogP contribution < -0.4 is 0 Å². The van der Waals surface area contributed by atoms with Crippen molar-refractivity contribution >= 4 is 22.8 Å². The summed E-state index contributed by atoms with van der Waals surface area (Å²) >= 11 is 0. The van der Waals surface area contributed by atoms with Gasteiger partial charge in [0.1, 0.15) is 6.54 Å². The normalized spacial score (nSPS) is 16.2. The van der Waals surface area contributed by atoms with E-state index < -0.39 is 0 Å². The van der Waals surface area contributed by atoms with E-state index in [1.54, 1.807) is 41.4 Å². The van der Waals surface area contributed by atoms with E-state index in [2.05, 4.69) is 9.97 Å². The third-order valence-corrected chi connectivity index (χ3v) is 3.41. The summed E-state index contributed by atoms with van der Waals surface area (Å²) in [5.74, 6) is -0.139. The Hall–Kier alpha value is -2.37. The van der Waals surface area contributed by atoms with Gasteiger partial charge in [-0.05, 0) is 18.2 Å². The Bertz CT molecular complexity index is 649. The smallest absolute Gasteiger partial charge is 0.254 e. The number of H-pyrrole nitrogens is 1. The van der Waals surface area contributed by atoms with E-state index in [1.807, 2.05) is 0 Å². The second-order valence-electron chi connectivity index (χ2n) is 4.68. The number of hydrogen-bond acceptors (Lipinski definition) is 3. The van der Waals surface area contributed by atoms with Gasteiger partial charge in [0.05, 0.1) is 17.4 Å². The largest absolute Gasteiger partial charge is 0.345 e. The van der Waals surface area contributed by atoms with Gasteiger partial charge in [-0.1, -0.05) is 0 Å². The molecule has 1 aromatic carbocycles. The van der Waals surface area contributed by atoms with Crippen LogP contribution in [0.2, 0.25) is 0 Å². The number of carbonyl (C=O) groups excluding carboxylic acids is 2. The fourth-order valence-corrected chi connectivity index (χ4v) is 2.18. The van der Waals surface area contributed by atoms with Crippen LogP contribution in [0.4, 0.5) is 0 Å². The molecule has 0 spiro atoms. The Morgan fingerprint density at radius 3 is 3.00 bits per heavy atom.